The van der Waals surface area contributed by atoms with Gasteiger partial charge in [0.15, 0.2) is 0 Å². The zero-order valence-electron chi connectivity index (χ0n) is 11.6. The van der Waals surface area contributed by atoms with E-state index in [1.165, 1.54) is 19.3 Å². The lowest BCUT2D eigenvalue weighted by molar-refractivity contribution is -0.0452. The third-order valence-electron chi connectivity index (χ3n) is 3.47. The lowest BCUT2D eigenvalue weighted by atomic mass is 9.88. The van der Waals surface area contributed by atoms with Crippen molar-refractivity contribution in [1.29, 1.82) is 0 Å². The Labute approximate surface area is 106 Å². The predicted octanol–water partition coefficient (Wildman–Crippen LogP) is 2.19. The molecule has 0 spiro atoms. The molecular weight excluding hydrogens is 214 g/mol. The van der Waals surface area contributed by atoms with Crippen molar-refractivity contribution >= 4 is 0 Å². The summed E-state index contributed by atoms with van der Waals surface area (Å²) in [5, 5.41) is 13.0. The molecule has 102 valence electrons. The quantitative estimate of drug-likeness (QED) is 0.720. The van der Waals surface area contributed by atoms with Gasteiger partial charge in [-0.3, -0.25) is 0 Å². The maximum absolute atomic E-state index is 9.79. The summed E-state index contributed by atoms with van der Waals surface area (Å²) in [5.41, 5.74) is 0. The first-order valence-corrected chi connectivity index (χ1v) is 7.10. The Morgan fingerprint density at radius 2 is 1.94 bits per heavy atom. The molecule has 1 saturated carbocycles. The van der Waals surface area contributed by atoms with Crippen LogP contribution in [-0.2, 0) is 4.74 Å². The van der Waals surface area contributed by atoms with Crippen LogP contribution in [0.3, 0.4) is 0 Å². The summed E-state index contributed by atoms with van der Waals surface area (Å²) in [6, 6.07) is 0. The third kappa shape index (κ3) is 6.39. The van der Waals surface area contributed by atoms with Crippen LogP contribution in [0.2, 0.25) is 0 Å². The molecule has 3 nitrogen and oxygen atoms in total. The summed E-state index contributed by atoms with van der Waals surface area (Å²) >= 11 is 0. The SMILES string of the molecule is CC(C)CNCC(O)COC1CCCCC1C. The summed E-state index contributed by atoms with van der Waals surface area (Å²) in [4.78, 5) is 0. The van der Waals surface area contributed by atoms with Crippen molar-refractivity contribution in [3.63, 3.8) is 0 Å². The van der Waals surface area contributed by atoms with Gasteiger partial charge in [-0.2, -0.15) is 0 Å². The number of rotatable bonds is 7. The standard InChI is InChI=1S/C14H29NO2/c1-11(2)8-15-9-13(16)10-17-14-7-5-4-6-12(14)3/h11-16H,4-10H2,1-3H3. The molecule has 0 aliphatic heterocycles. The first kappa shape index (κ1) is 14.9. The topological polar surface area (TPSA) is 41.5 Å². The first-order chi connectivity index (χ1) is 8.09. The van der Waals surface area contributed by atoms with E-state index in [0.717, 1.165) is 13.0 Å². The molecule has 1 fully saturated rings. The van der Waals surface area contributed by atoms with Gasteiger partial charge in [-0.15, -0.1) is 0 Å². The maximum Gasteiger partial charge on any atom is 0.0897 e. The van der Waals surface area contributed by atoms with E-state index in [4.69, 9.17) is 4.74 Å². The molecule has 0 bridgehead atoms. The maximum atomic E-state index is 9.79. The lowest BCUT2D eigenvalue weighted by Crippen LogP contribution is -2.35. The minimum Gasteiger partial charge on any atom is -0.389 e. The lowest BCUT2D eigenvalue weighted by Gasteiger charge is -2.29. The Balaban J connectivity index is 2.07. The highest BCUT2D eigenvalue weighted by Crippen LogP contribution is 2.26. The second kappa shape index (κ2) is 8.06. The fraction of sp³-hybridized carbons (Fsp3) is 1.00. The summed E-state index contributed by atoms with van der Waals surface area (Å²) in [7, 11) is 0. The van der Waals surface area contributed by atoms with Crippen molar-refractivity contribution in [3.05, 3.63) is 0 Å². The first-order valence-electron chi connectivity index (χ1n) is 7.10. The van der Waals surface area contributed by atoms with Gasteiger partial charge in [0.1, 0.15) is 0 Å². The van der Waals surface area contributed by atoms with E-state index < -0.39 is 0 Å². The molecule has 0 aromatic carbocycles. The van der Waals surface area contributed by atoms with Crippen molar-refractivity contribution < 1.29 is 9.84 Å². The van der Waals surface area contributed by atoms with E-state index in [0.29, 0.717) is 31.1 Å². The molecule has 0 radical (unpaired) electrons. The zero-order chi connectivity index (χ0) is 12.7. The summed E-state index contributed by atoms with van der Waals surface area (Å²) in [6.07, 6.45) is 5.03. The van der Waals surface area contributed by atoms with Crippen LogP contribution in [0.5, 0.6) is 0 Å². The van der Waals surface area contributed by atoms with E-state index in [9.17, 15) is 5.11 Å². The third-order valence-corrected chi connectivity index (χ3v) is 3.47. The van der Waals surface area contributed by atoms with Gasteiger partial charge < -0.3 is 15.2 Å². The van der Waals surface area contributed by atoms with E-state index in [-0.39, 0.29) is 6.10 Å². The van der Waals surface area contributed by atoms with Crippen molar-refractivity contribution in [2.24, 2.45) is 11.8 Å². The Hall–Kier alpha value is -0.120. The van der Waals surface area contributed by atoms with Gasteiger partial charge >= 0.3 is 0 Å². The Morgan fingerprint density at radius 3 is 2.59 bits per heavy atom. The van der Waals surface area contributed by atoms with Crippen LogP contribution in [0.1, 0.15) is 46.5 Å². The summed E-state index contributed by atoms with van der Waals surface area (Å²) < 4.78 is 5.82. The molecule has 17 heavy (non-hydrogen) atoms. The van der Waals surface area contributed by atoms with Gasteiger partial charge in [0.25, 0.3) is 0 Å². The largest absolute Gasteiger partial charge is 0.389 e. The Kier molecular flexibility index (Phi) is 7.09. The zero-order valence-corrected chi connectivity index (χ0v) is 11.6. The fourth-order valence-electron chi connectivity index (χ4n) is 2.36. The molecule has 0 saturated heterocycles. The van der Waals surface area contributed by atoms with E-state index in [2.05, 4.69) is 26.1 Å². The molecule has 0 amide bonds. The minimum atomic E-state index is -0.372. The van der Waals surface area contributed by atoms with Crippen LogP contribution in [-0.4, -0.2) is 37.0 Å². The van der Waals surface area contributed by atoms with Crippen LogP contribution in [0, 0.1) is 11.8 Å². The molecule has 0 aromatic rings. The molecule has 3 unspecified atom stereocenters. The van der Waals surface area contributed by atoms with Crippen molar-refractivity contribution in [2.75, 3.05) is 19.7 Å². The number of hydrogen-bond donors (Lipinski definition) is 2. The van der Waals surface area contributed by atoms with E-state index >= 15 is 0 Å². The molecule has 1 rings (SSSR count). The van der Waals surface area contributed by atoms with Gasteiger partial charge in [-0.05, 0) is 31.2 Å². The summed E-state index contributed by atoms with van der Waals surface area (Å²) in [6.45, 7) is 8.66. The fourth-order valence-corrected chi connectivity index (χ4v) is 2.36. The molecule has 1 aliphatic rings. The molecule has 0 heterocycles. The highest BCUT2D eigenvalue weighted by molar-refractivity contribution is 4.73. The van der Waals surface area contributed by atoms with Gasteiger partial charge in [0.2, 0.25) is 0 Å². The average molecular weight is 243 g/mol. The van der Waals surface area contributed by atoms with Crippen molar-refractivity contribution in [3.8, 4) is 0 Å². The van der Waals surface area contributed by atoms with Crippen LogP contribution in [0.25, 0.3) is 0 Å². The van der Waals surface area contributed by atoms with E-state index in [1.54, 1.807) is 0 Å². The molecule has 1 aliphatic carbocycles. The monoisotopic (exact) mass is 243 g/mol. The molecule has 2 N–H and O–H groups in total. The van der Waals surface area contributed by atoms with Crippen LogP contribution in [0.4, 0.5) is 0 Å². The second-order valence-corrected chi connectivity index (χ2v) is 5.84. The second-order valence-electron chi connectivity index (χ2n) is 5.84. The van der Waals surface area contributed by atoms with E-state index in [1.807, 2.05) is 0 Å². The molecule has 3 atom stereocenters. The van der Waals surface area contributed by atoms with Crippen LogP contribution >= 0.6 is 0 Å². The number of aliphatic hydroxyl groups is 1. The predicted molar refractivity (Wildman–Crippen MR) is 71.1 cm³/mol. The van der Waals surface area contributed by atoms with Gasteiger partial charge in [0.05, 0.1) is 18.8 Å². The van der Waals surface area contributed by atoms with Gasteiger partial charge in [0, 0.05) is 6.54 Å². The van der Waals surface area contributed by atoms with Crippen molar-refractivity contribution in [1.82, 2.24) is 5.32 Å². The minimum absolute atomic E-state index is 0.364. The highest BCUT2D eigenvalue weighted by atomic mass is 16.5. The number of hydrogen-bond acceptors (Lipinski definition) is 3. The molecule has 0 aromatic heterocycles. The number of nitrogens with one attached hydrogen (secondary N) is 1. The van der Waals surface area contributed by atoms with Crippen molar-refractivity contribution in [2.45, 2.75) is 58.7 Å². The van der Waals surface area contributed by atoms with Crippen LogP contribution < -0.4 is 5.32 Å². The highest BCUT2D eigenvalue weighted by Gasteiger charge is 2.22. The Morgan fingerprint density at radius 1 is 1.24 bits per heavy atom. The van der Waals surface area contributed by atoms with Gasteiger partial charge in [-0.25, -0.2) is 0 Å². The molecular formula is C14H29NO2. The number of ether oxygens (including phenoxy) is 1. The normalized spacial score (nSPS) is 27.4. The Bertz CT molecular complexity index is 197. The van der Waals surface area contributed by atoms with Crippen LogP contribution in [0.15, 0.2) is 0 Å². The average Bonchev–Trinajstić information content (AvgIpc) is 2.27. The van der Waals surface area contributed by atoms with Gasteiger partial charge in [-0.1, -0.05) is 33.6 Å². The molecule has 3 heteroatoms. The number of aliphatic hydroxyl groups excluding tert-OH is 1. The summed E-state index contributed by atoms with van der Waals surface area (Å²) in [5.74, 6) is 1.28. The smallest absolute Gasteiger partial charge is 0.0897 e.